The molecule has 0 spiro atoms. The molecule has 0 radical (unpaired) electrons. The molecule has 0 saturated carbocycles. The number of likely N-dealkylation sites (tertiary alicyclic amines) is 1. The van der Waals surface area contributed by atoms with Crippen molar-refractivity contribution in [1.29, 1.82) is 0 Å². The second-order valence-electron chi connectivity index (χ2n) is 3.40. The summed E-state index contributed by atoms with van der Waals surface area (Å²) < 4.78 is 1.81. The summed E-state index contributed by atoms with van der Waals surface area (Å²) in [5.74, 6) is 0. The lowest BCUT2D eigenvalue weighted by Gasteiger charge is -2.13. The van der Waals surface area contributed by atoms with Gasteiger partial charge >= 0.3 is 0 Å². The summed E-state index contributed by atoms with van der Waals surface area (Å²) in [7, 11) is 0. The van der Waals surface area contributed by atoms with E-state index < -0.39 is 0 Å². The van der Waals surface area contributed by atoms with Crippen LogP contribution in [0.15, 0.2) is 12.7 Å². The van der Waals surface area contributed by atoms with Crippen LogP contribution >= 0.6 is 0 Å². The minimum Gasteiger partial charge on any atom is -0.392 e. The van der Waals surface area contributed by atoms with Crippen LogP contribution in [0.5, 0.6) is 0 Å². The Morgan fingerprint density at radius 1 is 1.46 bits per heavy atom. The van der Waals surface area contributed by atoms with E-state index in [0.717, 1.165) is 32.6 Å². The van der Waals surface area contributed by atoms with E-state index in [4.69, 9.17) is 0 Å². The number of rotatable bonds is 3. The Balaban J connectivity index is 1.74. The van der Waals surface area contributed by atoms with Crippen LogP contribution in [0.25, 0.3) is 0 Å². The molecule has 1 N–H and O–H groups in total. The molecule has 2 heterocycles. The van der Waals surface area contributed by atoms with Crippen molar-refractivity contribution in [1.82, 2.24) is 19.7 Å². The Hall–Kier alpha value is -0.940. The summed E-state index contributed by atoms with van der Waals surface area (Å²) in [5.41, 5.74) is 0. The molecular formula is C8H14N4O. The van der Waals surface area contributed by atoms with E-state index in [2.05, 4.69) is 15.0 Å². The Labute approximate surface area is 77.0 Å². The predicted octanol–water partition coefficient (Wildman–Crippen LogP) is -0.655. The Kier molecular flexibility index (Phi) is 2.56. The zero-order chi connectivity index (χ0) is 9.10. The van der Waals surface area contributed by atoms with Crippen LogP contribution in [0.3, 0.4) is 0 Å². The molecule has 1 aromatic rings. The number of hydrogen-bond donors (Lipinski definition) is 1. The van der Waals surface area contributed by atoms with Gasteiger partial charge in [-0.25, -0.2) is 4.98 Å². The fraction of sp³-hybridized carbons (Fsp3) is 0.750. The first kappa shape index (κ1) is 8.65. The van der Waals surface area contributed by atoms with E-state index in [-0.39, 0.29) is 6.10 Å². The molecule has 0 aromatic carbocycles. The average Bonchev–Trinajstić information content (AvgIpc) is 2.71. The highest BCUT2D eigenvalue weighted by atomic mass is 16.3. The molecule has 1 saturated heterocycles. The molecule has 1 aliphatic rings. The molecule has 1 atom stereocenters. The van der Waals surface area contributed by atoms with Crippen molar-refractivity contribution in [2.75, 3.05) is 19.6 Å². The van der Waals surface area contributed by atoms with Crippen molar-refractivity contribution in [2.45, 2.75) is 19.1 Å². The molecular weight excluding hydrogens is 168 g/mol. The first-order valence-corrected chi connectivity index (χ1v) is 4.57. The third kappa shape index (κ3) is 2.26. The highest BCUT2D eigenvalue weighted by Gasteiger charge is 2.19. The third-order valence-corrected chi connectivity index (χ3v) is 2.36. The lowest BCUT2D eigenvalue weighted by molar-refractivity contribution is 0.174. The highest BCUT2D eigenvalue weighted by molar-refractivity contribution is 4.74. The van der Waals surface area contributed by atoms with Crippen LogP contribution in [0.2, 0.25) is 0 Å². The van der Waals surface area contributed by atoms with Gasteiger partial charge in [-0.15, -0.1) is 0 Å². The second kappa shape index (κ2) is 3.85. The minimum absolute atomic E-state index is 0.129. The minimum atomic E-state index is -0.129. The monoisotopic (exact) mass is 182 g/mol. The van der Waals surface area contributed by atoms with Gasteiger partial charge in [-0.05, 0) is 6.42 Å². The van der Waals surface area contributed by atoms with Gasteiger partial charge in [0.25, 0.3) is 0 Å². The third-order valence-electron chi connectivity index (χ3n) is 2.36. The highest BCUT2D eigenvalue weighted by Crippen LogP contribution is 2.07. The standard InChI is InChI=1S/C8H14N4O/c13-8-1-2-11(5-8)3-4-12-7-9-6-10-12/h6-8,13H,1-5H2. The van der Waals surface area contributed by atoms with Gasteiger partial charge in [0.15, 0.2) is 0 Å². The Morgan fingerprint density at radius 3 is 3.00 bits per heavy atom. The summed E-state index contributed by atoms with van der Waals surface area (Å²) >= 11 is 0. The number of aromatic nitrogens is 3. The predicted molar refractivity (Wildman–Crippen MR) is 47.1 cm³/mol. The smallest absolute Gasteiger partial charge is 0.137 e. The van der Waals surface area contributed by atoms with Crippen LogP contribution in [0.4, 0.5) is 0 Å². The number of hydrogen-bond acceptors (Lipinski definition) is 4. The number of aliphatic hydroxyl groups excluding tert-OH is 1. The topological polar surface area (TPSA) is 54.2 Å². The zero-order valence-electron chi connectivity index (χ0n) is 7.50. The number of nitrogens with zero attached hydrogens (tertiary/aromatic N) is 4. The molecule has 72 valence electrons. The van der Waals surface area contributed by atoms with Crippen LogP contribution in [0, 0.1) is 0 Å². The Morgan fingerprint density at radius 2 is 2.38 bits per heavy atom. The average molecular weight is 182 g/mol. The van der Waals surface area contributed by atoms with Crippen molar-refractivity contribution in [3.8, 4) is 0 Å². The van der Waals surface area contributed by atoms with E-state index in [1.54, 1.807) is 12.7 Å². The van der Waals surface area contributed by atoms with E-state index in [9.17, 15) is 5.11 Å². The molecule has 0 amide bonds. The molecule has 1 aromatic heterocycles. The largest absolute Gasteiger partial charge is 0.392 e. The van der Waals surface area contributed by atoms with Gasteiger partial charge in [-0.3, -0.25) is 9.58 Å². The summed E-state index contributed by atoms with van der Waals surface area (Å²) in [5, 5.41) is 13.3. The van der Waals surface area contributed by atoms with Gasteiger partial charge in [0.2, 0.25) is 0 Å². The maximum Gasteiger partial charge on any atom is 0.137 e. The van der Waals surface area contributed by atoms with Gasteiger partial charge in [0.1, 0.15) is 12.7 Å². The quantitative estimate of drug-likeness (QED) is 0.674. The molecule has 5 nitrogen and oxygen atoms in total. The van der Waals surface area contributed by atoms with E-state index in [1.807, 2.05) is 4.68 Å². The molecule has 1 aliphatic heterocycles. The molecule has 0 bridgehead atoms. The molecule has 2 rings (SSSR count). The fourth-order valence-electron chi connectivity index (χ4n) is 1.61. The molecule has 5 heteroatoms. The molecule has 1 unspecified atom stereocenters. The van der Waals surface area contributed by atoms with Crippen molar-refractivity contribution in [3.05, 3.63) is 12.7 Å². The molecule has 0 aliphatic carbocycles. The normalized spacial score (nSPS) is 23.9. The molecule has 1 fully saturated rings. The van der Waals surface area contributed by atoms with Gasteiger partial charge in [0.05, 0.1) is 12.6 Å². The first-order valence-electron chi connectivity index (χ1n) is 4.57. The lowest BCUT2D eigenvalue weighted by Crippen LogP contribution is -2.26. The first-order chi connectivity index (χ1) is 6.34. The van der Waals surface area contributed by atoms with Gasteiger partial charge in [-0.2, -0.15) is 5.10 Å². The van der Waals surface area contributed by atoms with Gasteiger partial charge < -0.3 is 5.11 Å². The SMILES string of the molecule is OC1CCN(CCn2cncn2)C1. The van der Waals surface area contributed by atoms with Crippen molar-refractivity contribution in [3.63, 3.8) is 0 Å². The number of aliphatic hydroxyl groups is 1. The van der Waals surface area contributed by atoms with Gasteiger partial charge in [0, 0.05) is 19.6 Å². The number of β-amino-alcohol motifs (C(OH)–C–C–N with tert-alkyl or cyclic N) is 1. The molecule has 13 heavy (non-hydrogen) atoms. The van der Waals surface area contributed by atoms with Crippen LogP contribution in [-0.2, 0) is 6.54 Å². The van der Waals surface area contributed by atoms with E-state index >= 15 is 0 Å². The van der Waals surface area contributed by atoms with Crippen LogP contribution in [0.1, 0.15) is 6.42 Å². The zero-order valence-corrected chi connectivity index (χ0v) is 7.50. The van der Waals surface area contributed by atoms with Crippen LogP contribution < -0.4 is 0 Å². The lowest BCUT2D eigenvalue weighted by atomic mass is 10.3. The fourth-order valence-corrected chi connectivity index (χ4v) is 1.61. The maximum atomic E-state index is 9.28. The summed E-state index contributed by atoms with van der Waals surface area (Å²) in [4.78, 5) is 6.11. The van der Waals surface area contributed by atoms with Crippen molar-refractivity contribution in [2.24, 2.45) is 0 Å². The summed E-state index contributed by atoms with van der Waals surface area (Å²) in [6.45, 7) is 3.59. The van der Waals surface area contributed by atoms with Crippen molar-refractivity contribution >= 4 is 0 Å². The second-order valence-corrected chi connectivity index (χ2v) is 3.40. The van der Waals surface area contributed by atoms with Gasteiger partial charge in [-0.1, -0.05) is 0 Å². The van der Waals surface area contributed by atoms with Crippen molar-refractivity contribution < 1.29 is 5.11 Å². The van der Waals surface area contributed by atoms with E-state index in [1.165, 1.54) is 0 Å². The van der Waals surface area contributed by atoms with Crippen LogP contribution in [-0.4, -0.2) is 50.5 Å². The maximum absolute atomic E-state index is 9.28. The van der Waals surface area contributed by atoms with E-state index in [0.29, 0.717) is 0 Å². The summed E-state index contributed by atoms with van der Waals surface area (Å²) in [6, 6.07) is 0. The summed E-state index contributed by atoms with van der Waals surface area (Å²) in [6.07, 6.45) is 4.03. The Bertz CT molecular complexity index is 249.